The lowest BCUT2D eigenvalue weighted by atomic mass is 10.0. The van der Waals surface area contributed by atoms with Crippen molar-refractivity contribution in [2.75, 3.05) is 6.61 Å². The number of fused-ring (bicyclic) bond motifs is 2. The number of carbonyl (C=O) groups is 1. The number of ketones is 1. The van der Waals surface area contributed by atoms with Crippen molar-refractivity contribution in [1.82, 2.24) is 14.3 Å². The Morgan fingerprint density at radius 1 is 1.10 bits per heavy atom. The Balaban J connectivity index is 1.65. The standard InChI is InChI=1S/C21H19N3O4S/c25-16-11-15(17-12-27-20(16)28-17)24-21(29)23(14-9-5-2-6-10-14)19(22-24)18(26)13-7-3-1-4-8-13/h1-10,15,17-18,20,26H,11-12H2/t15-,17+,18+,20+/m0/s1. The normalized spacial score (nSPS) is 24.6. The van der Waals surface area contributed by atoms with Crippen LogP contribution in [0.5, 0.6) is 0 Å². The molecule has 4 atom stereocenters. The van der Waals surface area contributed by atoms with Crippen molar-refractivity contribution >= 4 is 18.0 Å². The smallest absolute Gasteiger partial charge is 0.218 e. The molecule has 0 amide bonds. The second kappa shape index (κ2) is 7.31. The highest BCUT2D eigenvalue weighted by atomic mass is 32.1. The minimum absolute atomic E-state index is 0.120. The van der Waals surface area contributed by atoms with Crippen LogP contribution in [0.2, 0.25) is 0 Å². The molecule has 2 aliphatic heterocycles. The van der Waals surface area contributed by atoms with Crippen LogP contribution >= 0.6 is 12.2 Å². The average molecular weight is 409 g/mol. The summed E-state index contributed by atoms with van der Waals surface area (Å²) in [5.41, 5.74) is 1.49. The van der Waals surface area contributed by atoms with Gasteiger partial charge in [-0.25, -0.2) is 4.68 Å². The maximum absolute atomic E-state index is 12.3. The molecule has 2 bridgehead atoms. The Kier molecular flexibility index (Phi) is 4.63. The van der Waals surface area contributed by atoms with Crippen LogP contribution < -0.4 is 0 Å². The maximum atomic E-state index is 12.3. The van der Waals surface area contributed by atoms with E-state index in [0.717, 1.165) is 5.69 Å². The van der Waals surface area contributed by atoms with Crippen LogP contribution in [0.1, 0.15) is 30.0 Å². The zero-order chi connectivity index (χ0) is 20.0. The Morgan fingerprint density at radius 2 is 1.79 bits per heavy atom. The van der Waals surface area contributed by atoms with Crippen molar-refractivity contribution in [3.05, 3.63) is 76.8 Å². The van der Waals surface area contributed by atoms with E-state index in [2.05, 4.69) is 5.10 Å². The summed E-state index contributed by atoms with van der Waals surface area (Å²) in [7, 11) is 0. The van der Waals surface area contributed by atoms with E-state index >= 15 is 0 Å². The van der Waals surface area contributed by atoms with E-state index < -0.39 is 12.4 Å². The second-order valence-electron chi connectivity index (χ2n) is 7.15. The van der Waals surface area contributed by atoms with Gasteiger partial charge in [-0.15, -0.1) is 0 Å². The van der Waals surface area contributed by atoms with Crippen LogP contribution in [0.3, 0.4) is 0 Å². The van der Waals surface area contributed by atoms with Crippen molar-refractivity contribution in [2.24, 2.45) is 0 Å². The Morgan fingerprint density at radius 3 is 2.52 bits per heavy atom. The number of para-hydroxylation sites is 1. The highest BCUT2D eigenvalue weighted by molar-refractivity contribution is 7.71. The van der Waals surface area contributed by atoms with Crippen molar-refractivity contribution in [3.63, 3.8) is 0 Å². The van der Waals surface area contributed by atoms with E-state index in [0.29, 0.717) is 22.8 Å². The predicted molar refractivity (Wildman–Crippen MR) is 106 cm³/mol. The highest BCUT2D eigenvalue weighted by Gasteiger charge is 2.45. The molecule has 29 heavy (non-hydrogen) atoms. The predicted octanol–water partition coefficient (Wildman–Crippen LogP) is 2.74. The summed E-state index contributed by atoms with van der Waals surface area (Å²) in [5, 5.41) is 15.8. The van der Waals surface area contributed by atoms with Crippen LogP contribution in [0, 0.1) is 4.77 Å². The molecule has 2 fully saturated rings. The van der Waals surface area contributed by atoms with Crippen LogP contribution in [0.15, 0.2) is 60.7 Å². The summed E-state index contributed by atoms with van der Waals surface area (Å²) in [6.07, 6.45) is -1.83. The maximum Gasteiger partial charge on any atom is 0.218 e. The number of Topliss-reactive ketones (excluding diaryl/α,β-unsaturated/α-hetero) is 1. The first kappa shape index (κ1) is 18.4. The summed E-state index contributed by atoms with van der Waals surface area (Å²) < 4.78 is 14.9. The summed E-state index contributed by atoms with van der Waals surface area (Å²) in [6.45, 7) is 0.317. The van der Waals surface area contributed by atoms with Gasteiger partial charge in [0.15, 0.2) is 11.6 Å². The van der Waals surface area contributed by atoms with Crippen LogP contribution in [-0.4, -0.2) is 44.2 Å². The van der Waals surface area contributed by atoms with Gasteiger partial charge in [0.1, 0.15) is 12.2 Å². The quantitative estimate of drug-likeness (QED) is 0.668. The number of rotatable bonds is 4. The first-order chi connectivity index (χ1) is 14.1. The van der Waals surface area contributed by atoms with Gasteiger partial charge < -0.3 is 14.6 Å². The van der Waals surface area contributed by atoms with Gasteiger partial charge in [-0.3, -0.25) is 9.36 Å². The van der Waals surface area contributed by atoms with Gasteiger partial charge in [-0.1, -0.05) is 48.5 Å². The molecule has 0 spiro atoms. The first-order valence-corrected chi connectivity index (χ1v) is 9.84. The number of nitrogens with zero attached hydrogens (tertiary/aromatic N) is 3. The summed E-state index contributed by atoms with van der Waals surface area (Å²) in [6, 6.07) is 18.4. The van der Waals surface area contributed by atoms with Crippen LogP contribution in [-0.2, 0) is 14.3 Å². The van der Waals surface area contributed by atoms with Gasteiger partial charge >= 0.3 is 0 Å². The molecule has 3 heterocycles. The Hall–Kier alpha value is -2.65. The first-order valence-electron chi connectivity index (χ1n) is 9.43. The molecule has 8 heteroatoms. The third-order valence-corrected chi connectivity index (χ3v) is 5.70. The largest absolute Gasteiger partial charge is 0.380 e. The Labute approximate surface area is 172 Å². The number of aromatic nitrogens is 3. The van der Waals surface area contributed by atoms with Crippen LogP contribution in [0.25, 0.3) is 5.69 Å². The lowest BCUT2D eigenvalue weighted by Crippen LogP contribution is -2.37. The van der Waals surface area contributed by atoms with Crippen molar-refractivity contribution in [1.29, 1.82) is 0 Å². The van der Waals surface area contributed by atoms with Gasteiger partial charge in [0.05, 0.1) is 12.6 Å². The van der Waals surface area contributed by atoms with Crippen molar-refractivity contribution < 1.29 is 19.4 Å². The topological polar surface area (TPSA) is 78.5 Å². The molecule has 2 saturated heterocycles. The summed E-state index contributed by atoms with van der Waals surface area (Å²) >= 11 is 5.74. The van der Waals surface area contributed by atoms with E-state index in [4.69, 9.17) is 21.7 Å². The lowest BCUT2D eigenvalue weighted by Gasteiger charge is -2.26. The van der Waals surface area contributed by atoms with Gasteiger partial charge in [-0.2, -0.15) is 5.10 Å². The minimum Gasteiger partial charge on any atom is -0.380 e. The zero-order valence-corrected chi connectivity index (χ0v) is 16.2. The summed E-state index contributed by atoms with van der Waals surface area (Å²) in [5.74, 6) is 0.269. The fraction of sp³-hybridized carbons (Fsp3) is 0.286. The molecule has 0 saturated carbocycles. The SMILES string of the molecule is O=C1C[C@H](n2nc([C@H](O)c3ccccc3)n(-c3ccccc3)c2=S)[C@H]2CO[C@@H]1O2. The average Bonchev–Trinajstić information content (AvgIpc) is 3.34. The molecule has 1 N–H and O–H groups in total. The fourth-order valence-corrected chi connectivity index (χ4v) is 4.24. The highest BCUT2D eigenvalue weighted by Crippen LogP contribution is 2.34. The number of ether oxygens (including phenoxy) is 2. The number of benzene rings is 2. The molecule has 0 aliphatic carbocycles. The van der Waals surface area contributed by atoms with Crippen LogP contribution in [0.4, 0.5) is 0 Å². The Bertz CT molecular complexity index is 1100. The molecule has 5 rings (SSSR count). The number of aliphatic hydroxyl groups is 1. The van der Waals surface area contributed by atoms with Gasteiger partial charge in [0, 0.05) is 12.1 Å². The molecule has 7 nitrogen and oxygen atoms in total. The molecule has 3 aromatic rings. The third kappa shape index (κ3) is 3.14. The number of hydrogen-bond donors (Lipinski definition) is 1. The van der Waals surface area contributed by atoms with E-state index in [9.17, 15) is 9.90 Å². The second-order valence-corrected chi connectivity index (χ2v) is 7.51. The third-order valence-electron chi connectivity index (χ3n) is 5.33. The number of hydrogen-bond acceptors (Lipinski definition) is 6. The molecule has 1 aromatic heterocycles. The van der Waals surface area contributed by atoms with Gasteiger partial charge in [0.25, 0.3) is 0 Å². The molecular weight excluding hydrogens is 390 g/mol. The monoisotopic (exact) mass is 409 g/mol. The zero-order valence-electron chi connectivity index (χ0n) is 15.4. The fourth-order valence-electron chi connectivity index (χ4n) is 3.86. The van der Waals surface area contributed by atoms with E-state index in [1.165, 1.54) is 0 Å². The molecule has 0 radical (unpaired) electrons. The van der Waals surface area contributed by atoms with E-state index in [-0.39, 0.29) is 24.3 Å². The molecule has 2 aromatic carbocycles. The van der Waals surface area contributed by atoms with E-state index in [1.807, 2.05) is 60.7 Å². The van der Waals surface area contributed by atoms with Crippen molar-refractivity contribution in [3.8, 4) is 5.69 Å². The molecule has 148 valence electrons. The minimum atomic E-state index is -0.979. The van der Waals surface area contributed by atoms with Gasteiger partial charge in [0.2, 0.25) is 11.1 Å². The molecule has 2 aliphatic rings. The van der Waals surface area contributed by atoms with E-state index in [1.54, 1.807) is 9.25 Å². The summed E-state index contributed by atoms with van der Waals surface area (Å²) in [4.78, 5) is 12.3. The lowest BCUT2D eigenvalue weighted by molar-refractivity contribution is -0.156. The number of aliphatic hydroxyl groups excluding tert-OH is 1. The van der Waals surface area contributed by atoms with Gasteiger partial charge in [-0.05, 0) is 29.9 Å². The number of carbonyl (C=O) groups excluding carboxylic acids is 1. The van der Waals surface area contributed by atoms with Crippen molar-refractivity contribution in [2.45, 2.75) is 31.0 Å². The molecular formula is C21H19N3O4S. The molecule has 0 unspecified atom stereocenters.